The normalized spacial score (nSPS) is 17.7. The van der Waals surface area contributed by atoms with Crippen molar-refractivity contribution >= 4 is 5.82 Å². The van der Waals surface area contributed by atoms with Crippen LogP contribution in [0.3, 0.4) is 0 Å². The SMILES string of the molecule is CC(C)(C)c1nccc(NCc2ccnc(OC3CCOC3)c2)n1. The highest BCUT2D eigenvalue weighted by molar-refractivity contribution is 5.35. The van der Waals surface area contributed by atoms with Crippen molar-refractivity contribution in [1.29, 1.82) is 0 Å². The molecule has 0 saturated carbocycles. The molecule has 0 spiro atoms. The summed E-state index contributed by atoms with van der Waals surface area (Å²) in [6.07, 6.45) is 4.58. The Morgan fingerprint density at radius 2 is 2.08 bits per heavy atom. The number of hydrogen-bond donors (Lipinski definition) is 1. The van der Waals surface area contributed by atoms with Crippen LogP contribution in [0.1, 0.15) is 38.6 Å². The van der Waals surface area contributed by atoms with E-state index in [2.05, 4.69) is 41.0 Å². The lowest BCUT2D eigenvalue weighted by molar-refractivity contribution is 0.138. The molecule has 0 bridgehead atoms. The van der Waals surface area contributed by atoms with E-state index < -0.39 is 0 Å². The topological polar surface area (TPSA) is 69.2 Å². The van der Waals surface area contributed by atoms with Crippen LogP contribution in [-0.2, 0) is 16.7 Å². The van der Waals surface area contributed by atoms with Crippen LogP contribution in [0.15, 0.2) is 30.6 Å². The van der Waals surface area contributed by atoms with Crippen molar-refractivity contribution < 1.29 is 9.47 Å². The van der Waals surface area contributed by atoms with Gasteiger partial charge in [0.2, 0.25) is 5.88 Å². The van der Waals surface area contributed by atoms with Gasteiger partial charge in [0, 0.05) is 36.8 Å². The predicted octanol–water partition coefficient (Wildman–Crippen LogP) is 2.95. The summed E-state index contributed by atoms with van der Waals surface area (Å²) in [6, 6.07) is 5.80. The molecule has 0 aromatic carbocycles. The highest BCUT2D eigenvalue weighted by atomic mass is 16.5. The number of rotatable bonds is 5. The second-order valence-corrected chi connectivity index (χ2v) is 6.97. The van der Waals surface area contributed by atoms with Crippen molar-refractivity contribution in [2.75, 3.05) is 18.5 Å². The Morgan fingerprint density at radius 1 is 1.25 bits per heavy atom. The molecule has 3 rings (SSSR count). The average molecular weight is 328 g/mol. The molecule has 0 radical (unpaired) electrons. The van der Waals surface area contributed by atoms with E-state index >= 15 is 0 Å². The Kier molecular flexibility index (Phi) is 4.94. The van der Waals surface area contributed by atoms with Crippen LogP contribution >= 0.6 is 0 Å². The fourth-order valence-electron chi connectivity index (χ4n) is 2.41. The van der Waals surface area contributed by atoms with E-state index in [1.165, 1.54) is 0 Å². The molecule has 1 fully saturated rings. The molecule has 2 aromatic rings. The second kappa shape index (κ2) is 7.13. The maximum Gasteiger partial charge on any atom is 0.213 e. The van der Waals surface area contributed by atoms with Crippen molar-refractivity contribution in [3.63, 3.8) is 0 Å². The molecule has 1 unspecified atom stereocenters. The van der Waals surface area contributed by atoms with E-state index in [4.69, 9.17) is 9.47 Å². The van der Waals surface area contributed by atoms with Gasteiger partial charge in [-0.15, -0.1) is 0 Å². The van der Waals surface area contributed by atoms with Crippen LogP contribution in [-0.4, -0.2) is 34.3 Å². The first-order chi connectivity index (χ1) is 11.5. The summed E-state index contributed by atoms with van der Waals surface area (Å²) in [5.74, 6) is 2.29. The molecule has 128 valence electrons. The largest absolute Gasteiger partial charge is 0.472 e. The van der Waals surface area contributed by atoms with Crippen LogP contribution in [0.2, 0.25) is 0 Å². The molecule has 6 nitrogen and oxygen atoms in total. The summed E-state index contributed by atoms with van der Waals surface area (Å²) in [4.78, 5) is 13.2. The first-order valence-electron chi connectivity index (χ1n) is 8.27. The number of nitrogens with zero attached hydrogens (tertiary/aromatic N) is 3. The summed E-state index contributed by atoms with van der Waals surface area (Å²) in [5.41, 5.74) is 1.02. The summed E-state index contributed by atoms with van der Waals surface area (Å²) < 4.78 is 11.2. The third kappa shape index (κ3) is 4.41. The molecule has 1 atom stereocenters. The van der Waals surface area contributed by atoms with Crippen LogP contribution < -0.4 is 10.1 Å². The van der Waals surface area contributed by atoms with Gasteiger partial charge < -0.3 is 14.8 Å². The molecule has 2 aromatic heterocycles. The Morgan fingerprint density at radius 3 is 2.83 bits per heavy atom. The van der Waals surface area contributed by atoms with E-state index in [0.717, 1.165) is 30.2 Å². The Bertz CT molecular complexity index is 679. The van der Waals surface area contributed by atoms with Gasteiger partial charge in [0.1, 0.15) is 17.7 Å². The number of aromatic nitrogens is 3. The maximum absolute atomic E-state index is 5.84. The third-order valence-electron chi connectivity index (χ3n) is 3.77. The van der Waals surface area contributed by atoms with Crippen molar-refractivity contribution in [3.8, 4) is 5.88 Å². The quantitative estimate of drug-likeness (QED) is 0.910. The molecule has 24 heavy (non-hydrogen) atoms. The first-order valence-corrected chi connectivity index (χ1v) is 8.27. The van der Waals surface area contributed by atoms with Crippen LogP contribution in [0.4, 0.5) is 5.82 Å². The fourth-order valence-corrected chi connectivity index (χ4v) is 2.41. The van der Waals surface area contributed by atoms with Crippen molar-refractivity contribution in [2.24, 2.45) is 0 Å². The van der Waals surface area contributed by atoms with Crippen LogP contribution in [0, 0.1) is 0 Å². The molecule has 1 aliphatic heterocycles. The molecule has 0 aliphatic carbocycles. The second-order valence-electron chi connectivity index (χ2n) is 6.97. The van der Waals surface area contributed by atoms with Gasteiger partial charge in [-0.2, -0.15) is 0 Å². The molecule has 3 heterocycles. The van der Waals surface area contributed by atoms with Gasteiger partial charge in [0.25, 0.3) is 0 Å². The summed E-state index contributed by atoms with van der Waals surface area (Å²) in [7, 11) is 0. The minimum absolute atomic E-state index is 0.0707. The molecular formula is C18H24N4O2. The molecular weight excluding hydrogens is 304 g/mol. The van der Waals surface area contributed by atoms with E-state index in [-0.39, 0.29) is 11.5 Å². The summed E-state index contributed by atoms with van der Waals surface area (Å²) >= 11 is 0. The van der Waals surface area contributed by atoms with E-state index in [1.54, 1.807) is 12.4 Å². The summed E-state index contributed by atoms with van der Waals surface area (Å²) in [6.45, 7) is 8.36. The van der Waals surface area contributed by atoms with Crippen molar-refractivity contribution in [1.82, 2.24) is 15.0 Å². The standard InChI is InChI=1S/C18H24N4O2/c1-18(2,3)17-20-8-5-15(22-17)21-11-13-4-7-19-16(10-13)24-14-6-9-23-12-14/h4-5,7-8,10,14H,6,9,11-12H2,1-3H3,(H,20,21,22). The smallest absolute Gasteiger partial charge is 0.213 e. The van der Waals surface area contributed by atoms with Gasteiger partial charge >= 0.3 is 0 Å². The van der Waals surface area contributed by atoms with Gasteiger partial charge in [-0.3, -0.25) is 0 Å². The Hall–Kier alpha value is -2.21. The number of ether oxygens (including phenoxy) is 2. The van der Waals surface area contributed by atoms with Crippen molar-refractivity contribution in [2.45, 2.75) is 45.3 Å². The molecule has 1 saturated heterocycles. The van der Waals surface area contributed by atoms with Gasteiger partial charge in [0.05, 0.1) is 13.2 Å². The zero-order valence-corrected chi connectivity index (χ0v) is 14.5. The maximum atomic E-state index is 5.84. The number of anilines is 1. The monoisotopic (exact) mass is 328 g/mol. The fraction of sp³-hybridized carbons (Fsp3) is 0.500. The van der Waals surface area contributed by atoms with Gasteiger partial charge in [-0.1, -0.05) is 20.8 Å². The Balaban J connectivity index is 1.62. The van der Waals surface area contributed by atoms with Crippen LogP contribution in [0.5, 0.6) is 5.88 Å². The zero-order valence-electron chi connectivity index (χ0n) is 14.5. The Labute approximate surface area is 142 Å². The lowest BCUT2D eigenvalue weighted by Crippen LogP contribution is -2.17. The van der Waals surface area contributed by atoms with Gasteiger partial charge in [0.15, 0.2) is 0 Å². The third-order valence-corrected chi connectivity index (χ3v) is 3.77. The molecule has 0 amide bonds. The number of hydrogen-bond acceptors (Lipinski definition) is 6. The molecule has 6 heteroatoms. The predicted molar refractivity (Wildman–Crippen MR) is 92.1 cm³/mol. The minimum atomic E-state index is -0.0707. The average Bonchev–Trinajstić information content (AvgIpc) is 3.06. The van der Waals surface area contributed by atoms with Gasteiger partial charge in [-0.25, -0.2) is 15.0 Å². The zero-order chi connectivity index (χ0) is 17.0. The van der Waals surface area contributed by atoms with Crippen molar-refractivity contribution in [3.05, 3.63) is 42.0 Å². The number of pyridine rings is 1. The first kappa shape index (κ1) is 16.6. The molecule has 1 N–H and O–H groups in total. The van der Waals surface area contributed by atoms with Crippen LogP contribution in [0.25, 0.3) is 0 Å². The minimum Gasteiger partial charge on any atom is -0.472 e. The lowest BCUT2D eigenvalue weighted by atomic mass is 9.96. The lowest BCUT2D eigenvalue weighted by Gasteiger charge is -2.17. The number of nitrogens with one attached hydrogen (secondary N) is 1. The van der Waals surface area contributed by atoms with E-state index in [1.807, 2.05) is 18.2 Å². The van der Waals surface area contributed by atoms with E-state index in [9.17, 15) is 0 Å². The highest BCUT2D eigenvalue weighted by Gasteiger charge is 2.18. The highest BCUT2D eigenvalue weighted by Crippen LogP contribution is 2.20. The van der Waals surface area contributed by atoms with E-state index in [0.29, 0.717) is 19.0 Å². The summed E-state index contributed by atoms with van der Waals surface area (Å²) in [5, 5.41) is 3.34. The molecule has 1 aliphatic rings. The van der Waals surface area contributed by atoms with Gasteiger partial charge in [-0.05, 0) is 17.7 Å².